The molecule has 0 aromatic heterocycles. The van der Waals surface area contributed by atoms with Crippen molar-refractivity contribution in [2.45, 2.75) is 19.3 Å². The summed E-state index contributed by atoms with van der Waals surface area (Å²) in [6.45, 7) is 3.79. The zero-order valence-corrected chi connectivity index (χ0v) is 19.8. The number of rotatable bonds is 4. The van der Waals surface area contributed by atoms with Gasteiger partial charge in [-0.05, 0) is 0 Å². The van der Waals surface area contributed by atoms with E-state index in [1.165, 1.54) is 60.0 Å². The highest BCUT2D eigenvalue weighted by molar-refractivity contribution is 7.19. The third-order valence-corrected chi connectivity index (χ3v) is 7.44. The number of amidine groups is 1. The van der Waals surface area contributed by atoms with E-state index in [1.807, 2.05) is 0 Å². The first kappa shape index (κ1) is 22.4. The molecule has 1 N–H and O–H groups in total. The molecule has 6 rings (SSSR count). The minimum atomic E-state index is -1.22. The zero-order chi connectivity index (χ0) is 23.1. The van der Waals surface area contributed by atoms with Crippen LogP contribution in [0.3, 0.4) is 0 Å². The van der Waals surface area contributed by atoms with Crippen molar-refractivity contribution in [3.05, 3.63) is 121 Å². The third kappa shape index (κ3) is 4.49. The predicted molar refractivity (Wildman–Crippen MR) is 147 cm³/mol. The average Bonchev–Trinajstić information content (AvgIpc) is 3.41. The number of benzene rings is 4. The van der Waals surface area contributed by atoms with Gasteiger partial charge in [-0.3, -0.25) is 4.90 Å². The van der Waals surface area contributed by atoms with Crippen molar-refractivity contribution in [1.29, 1.82) is 0 Å². The average molecular weight is 444 g/mol. The van der Waals surface area contributed by atoms with E-state index >= 15 is 0 Å². The Balaban J connectivity index is 0.000000222. The van der Waals surface area contributed by atoms with Gasteiger partial charge in [0.05, 0.1) is 13.1 Å². The summed E-state index contributed by atoms with van der Waals surface area (Å²) in [4.78, 5) is 6.14. The largest absolute Gasteiger partial charge is 0.290 e. The fourth-order valence-electron chi connectivity index (χ4n) is 5.88. The van der Waals surface area contributed by atoms with E-state index in [9.17, 15) is 0 Å². The summed E-state index contributed by atoms with van der Waals surface area (Å²) in [6, 6.07) is 43.5. The van der Waals surface area contributed by atoms with Gasteiger partial charge in [0.2, 0.25) is 0 Å². The summed E-state index contributed by atoms with van der Waals surface area (Å²) >= 11 is 0. The van der Waals surface area contributed by atoms with Crippen LogP contribution in [0.4, 0.5) is 0 Å². The molecule has 3 heteroatoms. The van der Waals surface area contributed by atoms with E-state index in [0.717, 1.165) is 6.54 Å². The van der Waals surface area contributed by atoms with Gasteiger partial charge >= 0.3 is 0 Å². The second-order valence-corrected chi connectivity index (χ2v) is 9.40. The molecule has 2 nitrogen and oxygen atoms in total. The zero-order valence-electron chi connectivity index (χ0n) is 19.8. The summed E-state index contributed by atoms with van der Waals surface area (Å²) in [5.74, 6) is 1.46. The number of nitrogens with one attached hydrogen (secondary N) is 1. The van der Waals surface area contributed by atoms with Crippen LogP contribution in [-0.4, -0.2) is 31.6 Å². The maximum Gasteiger partial charge on any atom is 0.196 e. The molecular formula is C31H33BN2. The first-order valence-electron chi connectivity index (χ1n) is 12.6. The number of nitrogens with zero attached hydrogens (tertiary/aromatic N) is 1. The quantitative estimate of drug-likeness (QED) is 0.466. The van der Waals surface area contributed by atoms with Crippen molar-refractivity contribution >= 4 is 33.8 Å². The highest BCUT2D eigenvalue weighted by Gasteiger charge is 2.31. The van der Waals surface area contributed by atoms with Crippen LogP contribution in [-0.2, 0) is 0 Å². The molecule has 1 saturated heterocycles. The second-order valence-electron chi connectivity index (χ2n) is 9.40. The lowest BCUT2D eigenvalue weighted by Crippen LogP contribution is -3.13. The van der Waals surface area contributed by atoms with Crippen LogP contribution < -0.4 is 26.8 Å². The summed E-state index contributed by atoms with van der Waals surface area (Å²) in [5.41, 5.74) is 5.36. The summed E-state index contributed by atoms with van der Waals surface area (Å²) < 4.78 is 0. The third-order valence-electron chi connectivity index (χ3n) is 7.44. The normalized spacial score (nSPS) is 17.2. The van der Waals surface area contributed by atoms with E-state index in [4.69, 9.17) is 0 Å². The van der Waals surface area contributed by atoms with Crippen LogP contribution >= 0.6 is 0 Å². The SMILES string of the molecule is C1CN=C2CCC[NH+]2C1.c1ccc([B-](c2ccccc2)(c2ccccc2)c2ccccc2)cc1. The van der Waals surface area contributed by atoms with Gasteiger partial charge in [0.15, 0.2) is 5.84 Å². The Morgan fingerprint density at radius 1 is 0.500 bits per heavy atom. The Hall–Kier alpha value is -3.43. The lowest BCUT2D eigenvalue weighted by molar-refractivity contribution is -0.800. The molecule has 2 aliphatic rings. The number of quaternary nitrogens is 1. The van der Waals surface area contributed by atoms with Crippen molar-refractivity contribution in [2.75, 3.05) is 19.6 Å². The Kier molecular flexibility index (Phi) is 7.02. The summed E-state index contributed by atoms with van der Waals surface area (Å²) in [5, 5.41) is 0. The summed E-state index contributed by atoms with van der Waals surface area (Å²) in [6.07, 6.45) is 2.73. The van der Waals surface area contributed by atoms with Crippen molar-refractivity contribution in [3.8, 4) is 0 Å². The van der Waals surface area contributed by atoms with Crippen molar-refractivity contribution < 1.29 is 4.90 Å². The number of hydrogen-bond donors (Lipinski definition) is 1. The second kappa shape index (κ2) is 10.7. The summed E-state index contributed by atoms with van der Waals surface area (Å²) in [7, 11) is 0. The van der Waals surface area contributed by atoms with Gasteiger partial charge in [-0.15, -0.1) is 0 Å². The first-order chi connectivity index (χ1) is 16.9. The lowest BCUT2D eigenvalue weighted by Gasteiger charge is -2.44. The highest BCUT2D eigenvalue weighted by Crippen LogP contribution is 2.09. The van der Waals surface area contributed by atoms with E-state index in [1.54, 1.807) is 4.90 Å². The van der Waals surface area contributed by atoms with Gasteiger partial charge < -0.3 is 0 Å². The van der Waals surface area contributed by atoms with Gasteiger partial charge in [0, 0.05) is 25.8 Å². The molecular weight excluding hydrogens is 411 g/mol. The van der Waals surface area contributed by atoms with Crippen LogP contribution in [0, 0.1) is 0 Å². The molecule has 0 bridgehead atoms. The van der Waals surface area contributed by atoms with Crippen LogP contribution in [0.1, 0.15) is 19.3 Å². The molecule has 34 heavy (non-hydrogen) atoms. The Labute approximate surface area is 203 Å². The molecule has 4 aromatic carbocycles. The fraction of sp³-hybridized carbons (Fsp3) is 0.194. The van der Waals surface area contributed by atoms with Crippen LogP contribution in [0.2, 0.25) is 0 Å². The molecule has 0 saturated carbocycles. The van der Waals surface area contributed by atoms with Gasteiger partial charge in [-0.25, -0.2) is 4.99 Å². The molecule has 4 aromatic rings. The maximum absolute atomic E-state index is 4.47. The van der Waals surface area contributed by atoms with Crippen LogP contribution in [0.25, 0.3) is 0 Å². The number of hydrogen-bond acceptors (Lipinski definition) is 1. The van der Waals surface area contributed by atoms with E-state index in [2.05, 4.69) is 126 Å². The minimum absolute atomic E-state index is 1.10. The van der Waals surface area contributed by atoms with Gasteiger partial charge in [0.25, 0.3) is 0 Å². The molecule has 0 spiro atoms. The monoisotopic (exact) mass is 444 g/mol. The molecule has 0 amide bonds. The Morgan fingerprint density at radius 2 is 0.882 bits per heavy atom. The molecule has 1 atom stereocenters. The number of aliphatic imine (C=N–C) groups is 1. The van der Waals surface area contributed by atoms with Crippen LogP contribution in [0.15, 0.2) is 126 Å². The van der Waals surface area contributed by atoms with Gasteiger partial charge in [-0.1, -0.05) is 121 Å². The molecule has 1 fully saturated rings. The van der Waals surface area contributed by atoms with E-state index in [-0.39, 0.29) is 0 Å². The minimum Gasteiger partial charge on any atom is -0.290 e. The van der Waals surface area contributed by atoms with Gasteiger partial charge in [-0.2, -0.15) is 21.9 Å². The van der Waals surface area contributed by atoms with E-state index < -0.39 is 6.15 Å². The molecule has 0 radical (unpaired) electrons. The topological polar surface area (TPSA) is 16.8 Å². The van der Waals surface area contributed by atoms with Crippen molar-refractivity contribution in [3.63, 3.8) is 0 Å². The van der Waals surface area contributed by atoms with Crippen molar-refractivity contribution in [2.24, 2.45) is 4.99 Å². The Morgan fingerprint density at radius 3 is 1.26 bits per heavy atom. The first-order valence-corrected chi connectivity index (χ1v) is 12.6. The highest BCUT2D eigenvalue weighted by atomic mass is 15.2. The number of fused-ring (bicyclic) bond motifs is 1. The Bertz CT molecular complexity index is 1030. The predicted octanol–water partition coefficient (Wildman–Crippen LogP) is 2.53. The fourth-order valence-corrected chi connectivity index (χ4v) is 5.88. The standard InChI is InChI=1S/C24H20B.C7H12N2/c1-5-13-21(14-6-1)25(22-15-7-2-8-16-22,23-17-9-3-10-18-23)24-19-11-4-12-20-24;1-3-7-8-4-2-6-9(7)5-1/h1-20H;1-6H2/q-1;/p+1. The van der Waals surface area contributed by atoms with Crippen molar-refractivity contribution in [1.82, 2.24) is 0 Å². The molecule has 2 aliphatic heterocycles. The molecule has 2 heterocycles. The molecule has 1 unspecified atom stereocenters. The lowest BCUT2D eigenvalue weighted by atomic mass is 9.13. The van der Waals surface area contributed by atoms with Crippen LogP contribution in [0.5, 0.6) is 0 Å². The molecule has 0 aliphatic carbocycles. The smallest absolute Gasteiger partial charge is 0.196 e. The maximum atomic E-state index is 4.47. The van der Waals surface area contributed by atoms with E-state index in [0.29, 0.717) is 0 Å². The molecule has 170 valence electrons. The van der Waals surface area contributed by atoms with Gasteiger partial charge in [0.1, 0.15) is 6.15 Å².